The summed E-state index contributed by atoms with van der Waals surface area (Å²) in [6.07, 6.45) is 0.0271. The molecule has 2 amide bonds. The van der Waals surface area contributed by atoms with E-state index < -0.39 is 6.04 Å². The van der Waals surface area contributed by atoms with Crippen molar-refractivity contribution < 1.29 is 14.3 Å². The highest BCUT2D eigenvalue weighted by atomic mass is 35.5. The molecule has 1 saturated heterocycles. The zero-order chi connectivity index (χ0) is 17.1. The largest absolute Gasteiger partial charge is 0.378 e. The first kappa shape index (κ1) is 16.7. The Morgan fingerprint density at radius 1 is 1.42 bits per heavy atom. The van der Waals surface area contributed by atoms with Crippen LogP contribution in [0.4, 0.5) is 5.69 Å². The van der Waals surface area contributed by atoms with Gasteiger partial charge in [0.1, 0.15) is 6.04 Å². The summed E-state index contributed by atoms with van der Waals surface area (Å²) >= 11 is 6.07. The van der Waals surface area contributed by atoms with Crippen LogP contribution < -0.4 is 10.6 Å². The molecule has 2 aliphatic heterocycles. The van der Waals surface area contributed by atoms with Gasteiger partial charge in [0, 0.05) is 23.8 Å². The number of halogens is 1. The summed E-state index contributed by atoms with van der Waals surface area (Å²) in [5.41, 5.74) is 1.52. The number of morpholine rings is 1. The highest BCUT2D eigenvalue weighted by Gasteiger charge is 2.29. The molecule has 2 heterocycles. The van der Waals surface area contributed by atoms with Gasteiger partial charge in [-0.25, -0.2) is 4.99 Å². The molecular formula is C16H19ClN4O3. The Morgan fingerprint density at radius 2 is 2.17 bits per heavy atom. The Morgan fingerprint density at radius 3 is 2.88 bits per heavy atom. The molecule has 1 atom stereocenters. The molecule has 1 fully saturated rings. The van der Waals surface area contributed by atoms with Gasteiger partial charge in [-0.15, -0.1) is 0 Å². The number of carbonyl (C=O) groups is 2. The Labute approximate surface area is 145 Å². The molecule has 3 rings (SSSR count). The minimum Gasteiger partial charge on any atom is -0.378 e. The number of carbonyl (C=O) groups excluding carboxylic acids is 2. The monoisotopic (exact) mass is 350 g/mol. The van der Waals surface area contributed by atoms with E-state index in [0.717, 1.165) is 5.56 Å². The van der Waals surface area contributed by atoms with Crippen molar-refractivity contribution in [2.45, 2.75) is 19.4 Å². The van der Waals surface area contributed by atoms with Crippen molar-refractivity contribution in [1.82, 2.24) is 10.2 Å². The van der Waals surface area contributed by atoms with Crippen molar-refractivity contribution in [3.8, 4) is 0 Å². The molecule has 2 N–H and O–H groups in total. The Balaban J connectivity index is 1.72. The molecule has 0 spiro atoms. The van der Waals surface area contributed by atoms with Crippen LogP contribution in [-0.4, -0.2) is 55.0 Å². The highest BCUT2D eigenvalue weighted by molar-refractivity contribution is 6.31. The third-order valence-corrected chi connectivity index (χ3v) is 4.37. The van der Waals surface area contributed by atoms with E-state index >= 15 is 0 Å². The minimum atomic E-state index is -0.753. The minimum absolute atomic E-state index is 0.0271. The summed E-state index contributed by atoms with van der Waals surface area (Å²) < 4.78 is 5.29. The fourth-order valence-electron chi connectivity index (χ4n) is 2.56. The average Bonchev–Trinajstić information content (AvgIpc) is 2.58. The van der Waals surface area contributed by atoms with Crippen molar-refractivity contribution in [1.29, 1.82) is 0 Å². The number of ether oxygens (including phenoxy) is 1. The van der Waals surface area contributed by atoms with Crippen LogP contribution in [0.25, 0.3) is 0 Å². The molecule has 2 aliphatic rings. The van der Waals surface area contributed by atoms with Crippen molar-refractivity contribution in [2.75, 3.05) is 31.6 Å². The number of aliphatic imine (C=N–C) groups is 1. The van der Waals surface area contributed by atoms with Gasteiger partial charge in [-0.3, -0.25) is 14.9 Å². The molecule has 7 nitrogen and oxygen atoms in total. The van der Waals surface area contributed by atoms with Crippen LogP contribution in [0.1, 0.15) is 12.0 Å². The lowest BCUT2D eigenvalue weighted by molar-refractivity contribution is -0.125. The van der Waals surface area contributed by atoms with E-state index in [1.165, 1.54) is 0 Å². The van der Waals surface area contributed by atoms with Crippen molar-refractivity contribution in [3.05, 3.63) is 28.8 Å². The second-order valence-electron chi connectivity index (χ2n) is 5.77. The highest BCUT2D eigenvalue weighted by Crippen LogP contribution is 2.20. The summed E-state index contributed by atoms with van der Waals surface area (Å²) in [5, 5.41) is 6.08. The van der Waals surface area contributed by atoms with Crippen LogP contribution in [0.3, 0.4) is 0 Å². The summed E-state index contributed by atoms with van der Waals surface area (Å²) in [7, 11) is 0. The van der Waals surface area contributed by atoms with E-state index in [4.69, 9.17) is 16.3 Å². The number of amides is 2. The van der Waals surface area contributed by atoms with E-state index in [9.17, 15) is 9.59 Å². The number of anilines is 1. The number of benzene rings is 1. The Hall–Kier alpha value is -2.12. The maximum Gasteiger partial charge on any atom is 0.249 e. The molecular weight excluding hydrogens is 332 g/mol. The number of hydrogen-bond acceptors (Lipinski definition) is 5. The molecule has 8 heteroatoms. The van der Waals surface area contributed by atoms with Crippen LogP contribution in [-0.2, 0) is 14.3 Å². The summed E-state index contributed by atoms with van der Waals surface area (Å²) in [4.78, 5) is 30.7. The normalized spacial score (nSPS) is 21.1. The summed E-state index contributed by atoms with van der Waals surface area (Å²) in [5.74, 6) is -0.0965. The van der Waals surface area contributed by atoms with E-state index in [1.807, 2.05) is 17.9 Å². The van der Waals surface area contributed by atoms with Gasteiger partial charge in [-0.1, -0.05) is 17.7 Å². The van der Waals surface area contributed by atoms with E-state index in [-0.39, 0.29) is 18.2 Å². The lowest BCUT2D eigenvalue weighted by Gasteiger charge is -2.32. The zero-order valence-corrected chi connectivity index (χ0v) is 14.1. The third kappa shape index (κ3) is 3.85. The smallest absolute Gasteiger partial charge is 0.249 e. The van der Waals surface area contributed by atoms with Gasteiger partial charge in [0.25, 0.3) is 0 Å². The van der Waals surface area contributed by atoms with Crippen molar-refractivity contribution in [3.63, 3.8) is 0 Å². The predicted octanol–water partition coefficient (Wildman–Crippen LogP) is 1.16. The number of guanidine groups is 1. The van der Waals surface area contributed by atoms with Crippen LogP contribution in [0.15, 0.2) is 23.2 Å². The van der Waals surface area contributed by atoms with Gasteiger partial charge in [-0.2, -0.15) is 0 Å². The molecule has 0 bridgehead atoms. The van der Waals surface area contributed by atoms with Gasteiger partial charge >= 0.3 is 0 Å². The fraction of sp³-hybridized carbons (Fsp3) is 0.438. The fourth-order valence-corrected chi connectivity index (χ4v) is 2.74. The Bertz CT molecular complexity index is 686. The average molecular weight is 351 g/mol. The number of rotatable bonds is 2. The molecule has 0 aliphatic carbocycles. The number of hydrogen-bond donors (Lipinski definition) is 2. The van der Waals surface area contributed by atoms with Crippen LogP contribution in [0.5, 0.6) is 0 Å². The molecule has 0 saturated carbocycles. The first-order chi connectivity index (χ1) is 11.5. The maximum absolute atomic E-state index is 12.5. The molecule has 0 radical (unpaired) electrons. The topological polar surface area (TPSA) is 83.0 Å². The SMILES string of the molecule is Cc1ccc(NC(=O)[C@@H]2CC(=O)NC(N3CCOCC3)=N2)cc1Cl. The molecule has 0 unspecified atom stereocenters. The molecule has 128 valence electrons. The molecule has 1 aromatic carbocycles. The maximum atomic E-state index is 12.5. The van der Waals surface area contributed by atoms with Gasteiger partial charge in [0.15, 0.2) is 0 Å². The van der Waals surface area contributed by atoms with Crippen LogP contribution in [0.2, 0.25) is 5.02 Å². The second kappa shape index (κ2) is 7.19. The van der Waals surface area contributed by atoms with Crippen molar-refractivity contribution in [2.24, 2.45) is 4.99 Å². The van der Waals surface area contributed by atoms with E-state index in [0.29, 0.717) is 43.0 Å². The van der Waals surface area contributed by atoms with Crippen LogP contribution >= 0.6 is 11.6 Å². The molecule has 0 aromatic heterocycles. The number of nitrogens with zero attached hydrogens (tertiary/aromatic N) is 2. The standard InChI is InChI=1S/C16H19ClN4O3/c1-10-2-3-11(8-12(10)17)18-15(23)13-9-14(22)20-16(19-13)21-4-6-24-7-5-21/h2-3,8,13H,4-7,9H2,1H3,(H,18,23)(H,19,20,22)/t13-/m0/s1. The predicted molar refractivity (Wildman–Crippen MR) is 91.2 cm³/mol. The van der Waals surface area contributed by atoms with Gasteiger partial charge in [-0.05, 0) is 24.6 Å². The summed E-state index contributed by atoms with van der Waals surface area (Å²) in [6, 6.07) is 4.53. The van der Waals surface area contributed by atoms with Crippen LogP contribution in [0, 0.1) is 6.92 Å². The molecule has 24 heavy (non-hydrogen) atoms. The lowest BCUT2D eigenvalue weighted by Crippen LogP contribution is -2.53. The summed E-state index contributed by atoms with van der Waals surface area (Å²) in [6.45, 7) is 4.32. The van der Waals surface area contributed by atoms with Gasteiger partial charge in [0.2, 0.25) is 17.8 Å². The molecule has 1 aromatic rings. The number of nitrogens with one attached hydrogen (secondary N) is 2. The van der Waals surface area contributed by atoms with E-state index in [1.54, 1.807) is 12.1 Å². The first-order valence-corrected chi connectivity index (χ1v) is 8.18. The van der Waals surface area contributed by atoms with Gasteiger partial charge < -0.3 is 15.0 Å². The Kier molecular flexibility index (Phi) is 5.01. The lowest BCUT2D eigenvalue weighted by atomic mass is 10.1. The first-order valence-electron chi connectivity index (χ1n) is 7.80. The van der Waals surface area contributed by atoms with Gasteiger partial charge in [0.05, 0.1) is 19.6 Å². The number of aryl methyl sites for hydroxylation is 1. The van der Waals surface area contributed by atoms with Crippen molar-refractivity contribution >= 4 is 35.1 Å². The quantitative estimate of drug-likeness (QED) is 0.838. The second-order valence-corrected chi connectivity index (χ2v) is 6.18. The van der Waals surface area contributed by atoms with E-state index in [2.05, 4.69) is 15.6 Å². The zero-order valence-electron chi connectivity index (χ0n) is 13.3. The third-order valence-electron chi connectivity index (χ3n) is 3.96.